The summed E-state index contributed by atoms with van der Waals surface area (Å²) in [4.78, 5) is 0. The first-order valence-electron chi connectivity index (χ1n) is 6.70. The summed E-state index contributed by atoms with van der Waals surface area (Å²) < 4.78 is 1.84. The van der Waals surface area contributed by atoms with Gasteiger partial charge in [-0.1, -0.05) is 47.7 Å². The van der Waals surface area contributed by atoms with Gasteiger partial charge in [-0.15, -0.1) is 5.10 Å². The van der Waals surface area contributed by atoms with E-state index in [9.17, 15) is 0 Å². The predicted molar refractivity (Wildman–Crippen MR) is 80.3 cm³/mol. The lowest BCUT2D eigenvalue weighted by molar-refractivity contribution is 0.533. The minimum absolute atomic E-state index is 0.461. The molecule has 2 aromatic carbocycles. The molecule has 1 heterocycles. The van der Waals surface area contributed by atoms with Gasteiger partial charge in [0.25, 0.3) is 0 Å². The first kappa shape index (κ1) is 12.8. The third-order valence-corrected chi connectivity index (χ3v) is 3.41. The van der Waals surface area contributed by atoms with Crippen molar-refractivity contribution in [2.24, 2.45) is 5.73 Å². The average molecular weight is 266 g/mol. The molecule has 0 unspecified atom stereocenters. The van der Waals surface area contributed by atoms with Gasteiger partial charge in [-0.05, 0) is 30.2 Å². The van der Waals surface area contributed by atoms with Gasteiger partial charge in [-0.2, -0.15) is 0 Å². The van der Waals surface area contributed by atoms with E-state index in [1.165, 1.54) is 16.3 Å². The summed E-state index contributed by atoms with van der Waals surface area (Å²) >= 11 is 0. The highest BCUT2D eigenvalue weighted by atomic mass is 15.4. The largest absolute Gasteiger partial charge is 0.320 e. The molecule has 2 N–H and O–H groups in total. The highest BCUT2D eigenvalue weighted by Gasteiger charge is 2.18. The smallest absolute Gasteiger partial charge is 0.102 e. The highest BCUT2D eigenvalue weighted by Crippen LogP contribution is 2.20. The monoisotopic (exact) mass is 266 g/mol. The van der Waals surface area contributed by atoms with Crippen molar-refractivity contribution in [2.45, 2.75) is 25.9 Å². The number of nitrogens with two attached hydrogens (primary N) is 1. The van der Waals surface area contributed by atoms with Crippen molar-refractivity contribution >= 4 is 10.8 Å². The van der Waals surface area contributed by atoms with E-state index in [2.05, 4.69) is 52.8 Å². The molecular formula is C16H18N4. The van der Waals surface area contributed by atoms with Crippen LogP contribution in [0.2, 0.25) is 0 Å². The standard InChI is InChI=1S/C16H18N4/c1-16(2,17)15-11-20(19-18-15)10-13-8-5-7-12-6-3-4-9-14(12)13/h3-9,11H,10,17H2,1-2H3. The molecule has 0 spiro atoms. The van der Waals surface area contributed by atoms with E-state index in [0.717, 1.165) is 5.69 Å². The van der Waals surface area contributed by atoms with Crippen molar-refractivity contribution in [2.75, 3.05) is 0 Å². The van der Waals surface area contributed by atoms with Crippen LogP contribution in [0.1, 0.15) is 25.1 Å². The normalized spacial score (nSPS) is 11.9. The second-order valence-electron chi connectivity index (χ2n) is 5.66. The first-order valence-corrected chi connectivity index (χ1v) is 6.70. The van der Waals surface area contributed by atoms with E-state index in [-0.39, 0.29) is 0 Å². The summed E-state index contributed by atoms with van der Waals surface area (Å²) in [7, 11) is 0. The van der Waals surface area contributed by atoms with Crippen LogP contribution in [0.25, 0.3) is 10.8 Å². The minimum Gasteiger partial charge on any atom is -0.320 e. The van der Waals surface area contributed by atoms with E-state index in [1.54, 1.807) is 0 Å². The van der Waals surface area contributed by atoms with Gasteiger partial charge in [0.15, 0.2) is 0 Å². The van der Waals surface area contributed by atoms with Crippen LogP contribution in [0.3, 0.4) is 0 Å². The van der Waals surface area contributed by atoms with Gasteiger partial charge >= 0.3 is 0 Å². The Labute approximate surface area is 118 Å². The topological polar surface area (TPSA) is 56.7 Å². The summed E-state index contributed by atoms with van der Waals surface area (Å²) in [6, 6.07) is 14.7. The molecule has 0 amide bonds. The molecule has 0 saturated heterocycles. The van der Waals surface area contributed by atoms with Gasteiger partial charge in [-0.25, -0.2) is 4.68 Å². The van der Waals surface area contributed by atoms with Crippen LogP contribution in [-0.2, 0) is 12.1 Å². The zero-order valence-corrected chi connectivity index (χ0v) is 11.7. The summed E-state index contributed by atoms with van der Waals surface area (Å²) in [5, 5.41) is 10.8. The Kier molecular flexibility index (Phi) is 3.03. The number of benzene rings is 2. The summed E-state index contributed by atoms with van der Waals surface area (Å²) in [6.45, 7) is 4.56. The summed E-state index contributed by atoms with van der Waals surface area (Å²) in [5.41, 5.74) is 7.61. The third-order valence-electron chi connectivity index (χ3n) is 3.41. The number of hydrogen-bond acceptors (Lipinski definition) is 3. The maximum atomic E-state index is 6.04. The molecule has 20 heavy (non-hydrogen) atoms. The molecular weight excluding hydrogens is 248 g/mol. The van der Waals surface area contributed by atoms with E-state index in [1.807, 2.05) is 24.7 Å². The minimum atomic E-state index is -0.461. The summed E-state index contributed by atoms with van der Waals surface area (Å²) in [5.74, 6) is 0. The van der Waals surface area contributed by atoms with Gasteiger partial charge in [0.1, 0.15) is 5.69 Å². The Balaban J connectivity index is 1.96. The third kappa shape index (κ3) is 2.42. The van der Waals surface area contributed by atoms with Crippen molar-refractivity contribution in [1.29, 1.82) is 0 Å². The molecule has 0 aliphatic carbocycles. The molecule has 0 fully saturated rings. The van der Waals surface area contributed by atoms with Crippen LogP contribution in [0, 0.1) is 0 Å². The second-order valence-corrected chi connectivity index (χ2v) is 5.66. The molecule has 0 bridgehead atoms. The van der Waals surface area contributed by atoms with E-state index in [4.69, 9.17) is 5.73 Å². The average Bonchev–Trinajstić information content (AvgIpc) is 2.88. The molecule has 3 rings (SSSR count). The molecule has 0 radical (unpaired) electrons. The number of hydrogen-bond donors (Lipinski definition) is 1. The fraction of sp³-hybridized carbons (Fsp3) is 0.250. The van der Waals surface area contributed by atoms with Gasteiger partial charge in [0.05, 0.1) is 18.3 Å². The molecule has 1 aromatic heterocycles. The van der Waals surface area contributed by atoms with Crippen molar-refractivity contribution in [1.82, 2.24) is 15.0 Å². The quantitative estimate of drug-likeness (QED) is 0.793. The SMILES string of the molecule is CC(C)(N)c1cn(Cc2cccc3ccccc23)nn1. The van der Waals surface area contributed by atoms with Crippen LogP contribution in [0.5, 0.6) is 0 Å². The van der Waals surface area contributed by atoms with E-state index >= 15 is 0 Å². The molecule has 4 nitrogen and oxygen atoms in total. The zero-order valence-electron chi connectivity index (χ0n) is 11.7. The van der Waals surface area contributed by atoms with Crippen LogP contribution in [0.15, 0.2) is 48.7 Å². The molecule has 0 aliphatic heterocycles. The van der Waals surface area contributed by atoms with Gasteiger partial charge in [0, 0.05) is 0 Å². The Bertz CT molecular complexity index is 732. The van der Waals surface area contributed by atoms with Crippen molar-refractivity contribution < 1.29 is 0 Å². The maximum Gasteiger partial charge on any atom is 0.102 e. The maximum absolute atomic E-state index is 6.04. The number of aromatic nitrogens is 3. The Morgan fingerprint density at radius 3 is 2.60 bits per heavy atom. The Hall–Kier alpha value is -2.20. The second kappa shape index (κ2) is 4.72. The number of rotatable bonds is 3. The van der Waals surface area contributed by atoms with Crippen molar-refractivity contribution in [3.05, 3.63) is 59.9 Å². The molecule has 0 aliphatic rings. The lowest BCUT2D eigenvalue weighted by atomic mass is 10.0. The highest BCUT2D eigenvalue weighted by molar-refractivity contribution is 5.85. The molecule has 0 atom stereocenters. The van der Waals surface area contributed by atoms with Gasteiger partial charge in [-0.3, -0.25) is 0 Å². The number of nitrogens with zero attached hydrogens (tertiary/aromatic N) is 3. The molecule has 4 heteroatoms. The van der Waals surface area contributed by atoms with Crippen molar-refractivity contribution in [3.8, 4) is 0 Å². The molecule has 0 saturated carbocycles. The molecule has 102 valence electrons. The van der Waals surface area contributed by atoms with Crippen LogP contribution in [-0.4, -0.2) is 15.0 Å². The van der Waals surface area contributed by atoms with Crippen LogP contribution in [0.4, 0.5) is 0 Å². The Morgan fingerprint density at radius 2 is 1.85 bits per heavy atom. The fourth-order valence-electron chi connectivity index (χ4n) is 2.28. The van der Waals surface area contributed by atoms with Gasteiger partial charge < -0.3 is 5.73 Å². The van der Waals surface area contributed by atoms with Crippen molar-refractivity contribution in [3.63, 3.8) is 0 Å². The van der Waals surface area contributed by atoms with Crippen LogP contribution < -0.4 is 5.73 Å². The number of fused-ring (bicyclic) bond motifs is 1. The summed E-state index contributed by atoms with van der Waals surface area (Å²) in [6.07, 6.45) is 1.92. The van der Waals surface area contributed by atoms with Crippen LogP contribution >= 0.6 is 0 Å². The lowest BCUT2D eigenvalue weighted by Gasteiger charge is -2.13. The zero-order chi connectivity index (χ0) is 14.2. The van der Waals surface area contributed by atoms with Gasteiger partial charge in [0.2, 0.25) is 0 Å². The lowest BCUT2D eigenvalue weighted by Crippen LogP contribution is -2.29. The van der Waals surface area contributed by atoms with E-state index in [0.29, 0.717) is 6.54 Å². The first-order chi connectivity index (χ1) is 9.54. The Morgan fingerprint density at radius 1 is 1.10 bits per heavy atom. The molecule has 3 aromatic rings. The predicted octanol–water partition coefficient (Wildman–Crippen LogP) is 2.67. The fourth-order valence-corrected chi connectivity index (χ4v) is 2.28. The van der Waals surface area contributed by atoms with E-state index < -0.39 is 5.54 Å².